The Morgan fingerprint density at radius 1 is 1.14 bits per heavy atom. The van der Waals surface area contributed by atoms with Crippen LogP contribution >= 0.6 is 0 Å². The molecule has 2 N–H and O–H groups in total. The molecule has 1 aliphatic carbocycles. The highest BCUT2D eigenvalue weighted by Gasteiger charge is 2.38. The van der Waals surface area contributed by atoms with Gasteiger partial charge in [-0.15, -0.1) is 0 Å². The van der Waals surface area contributed by atoms with Crippen LogP contribution in [0.1, 0.15) is 31.2 Å². The highest BCUT2D eigenvalue weighted by Crippen LogP contribution is 2.34. The standard InChI is InChI=1S/C13H16F3NO3S/c14-13(15,16)9-5-1-4-8-12(9)21(19,20)17-10-6-2-3-7-11(10)18/h1,4-5,8,10-11,17-18H,2-3,6-7H2/t10-,11-/m0/s1. The topological polar surface area (TPSA) is 66.4 Å². The van der Waals surface area contributed by atoms with E-state index in [-0.39, 0.29) is 0 Å². The van der Waals surface area contributed by atoms with Crippen molar-refractivity contribution in [3.63, 3.8) is 0 Å². The number of rotatable bonds is 3. The van der Waals surface area contributed by atoms with Gasteiger partial charge in [-0.25, -0.2) is 13.1 Å². The zero-order valence-corrected chi connectivity index (χ0v) is 11.9. The van der Waals surface area contributed by atoms with Crippen LogP contribution < -0.4 is 4.72 Å². The van der Waals surface area contributed by atoms with E-state index in [1.54, 1.807) is 0 Å². The molecule has 0 unspecified atom stereocenters. The Hall–Kier alpha value is -1.12. The molecule has 0 spiro atoms. The summed E-state index contributed by atoms with van der Waals surface area (Å²) in [4.78, 5) is -0.810. The Kier molecular flexibility index (Phi) is 4.60. The van der Waals surface area contributed by atoms with Crippen LogP contribution in [0.15, 0.2) is 29.2 Å². The number of hydrogen-bond acceptors (Lipinski definition) is 3. The molecule has 1 aromatic rings. The van der Waals surface area contributed by atoms with Crippen molar-refractivity contribution in [2.75, 3.05) is 0 Å². The molecule has 0 aliphatic heterocycles. The lowest BCUT2D eigenvalue weighted by Crippen LogP contribution is -2.45. The summed E-state index contributed by atoms with van der Waals surface area (Å²) in [5.74, 6) is 0. The number of nitrogens with one attached hydrogen (secondary N) is 1. The third-order valence-corrected chi connectivity index (χ3v) is 5.07. The minimum Gasteiger partial charge on any atom is -0.391 e. The number of sulfonamides is 1. The van der Waals surface area contributed by atoms with Gasteiger partial charge in [-0.05, 0) is 25.0 Å². The van der Waals surface area contributed by atoms with Crippen LogP contribution in [0.2, 0.25) is 0 Å². The Morgan fingerprint density at radius 3 is 2.38 bits per heavy atom. The van der Waals surface area contributed by atoms with Crippen molar-refractivity contribution in [1.82, 2.24) is 4.72 Å². The second-order valence-electron chi connectivity index (χ2n) is 5.07. The molecule has 1 aliphatic rings. The van der Waals surface area contributed by atoms with Crippen LogP contribution in [0, 0.1) is 0 Å². The van der Waals surface area contributed by atoms with Gasteiger partial charge in [0.1, 0.15) is 0 Å². The van der Waals surface area contributed by atoms with Gasteiger partial charge in [0, 0.05) is 6.04 Å². The van der Waals surface area contributed by atoms with Gasteiger partial charge >= 0.3 is 6.18 Å². The number of alkyl halides is 3. The Bertz CT molecular complexity index is 601. The van der Waals surface area contributed by atoms with Crippen molar-refractivity contribution in [2.45, 2.75) is 48.9 Å². The molecule has 0 saturated heterocycles. The molecule has 0 radical (unpaired) electrons. The Morgan fingerprint density at radius 2 is 1.76 bits per heavy atom. The minimum absolute atomic E-state index is 0.411. The number of aliphatic hydroxyl groups excluding tert-OH is 1. The molecular formula is C13H16F3NO3S. The predicted molar refractivity (Wildman–Crippen MR) is 70.0 cm³/mol. The largest absolute Gasteiger partial charge is 0.417 e. The van der Waals surface area contributed by atoms with E-state index in [1.807, 2.05) is 0 Å². The highest BCUT2D eigenvalue weighted by atomic mass is 32.2. The number of halogens is 3. The fourth-order valence-corrected chi connectivity index (χ4v) is 3.98. The normalized spacial score (nSPS) is 24.0. The van der Waals surface area contributed by atoms with E-state index in [0.29, 0.717) is 12.8 Å². The maximum absolute atomic E-state index is 12.9. The molecule has 2 rings (SSSR count). The fourth-order valence-electron chi connectivity index (χ4n) is 2.45. The van der Waals surface area contributed by atoms with Crippen molar-refractivity contribution in [1.29, 1.82) is 0 Å². The predicted octanol–water partition coefficient (Wildman–Crippen LogP) is 2.29. The molecule has 0 aromatic heterocycles. The number of aliphatic hydroxyl groups is 1. The van der Waals surface area contributed by atoms with E-state index < -0.39 is 38.8 Å². The van der Waals surface area contributed by atoms with E-state index in [4.69, 9.17) is 0 Å². The fraction of sp³-hybridized carbons (Fsp3) is 0.538. The van der Waals surface area contributed by atoms with Gasteiger partial charge in [-0.2, -0.15) is 13.2 Å². The van der Waals surface area contributed by atoms with Crippen LogP contribution in [0.3, 0.4) is 0 Å². The summed E-state index contributed by atoms with van der Waals surface area (Å²) in [6.07, 6.45) is -3.27. The third-order valence-electron chi connectivity index (χ3n) is 3.52. The Balaban J connectivity index is 2.32. The van der Waals surface area contributed by atoms with Gasteiger partial charge in [0.15, 0.2) is 0 Å². The molecule has 118 valence electrons. The molecule has 1 saturated carbocycles. The maximum Gasteiger partial charge on any atom is 0.417 e. The zero-order chi connectivity index (χ0) is 15.7. The van der Waals surface area contributed by atoms with Crippen molar-refractivity contribution in [3.05, 3.63) is 29.8 Å². The molecule has 1 fully saturated rings. The summed E-state index contributed by atoms with van der Waals surface area (Å²) in [7, 11) is -4.34. The summed E-state index contributed by atoms with van der Waals surface area (Å²) in [5, 5.41) is 9.76. The first-order chi connectivity index (χ1) is 9.72. The van der Waals surface area contributed by atoms with Crippen LogP contribution in [0.25, 0.3) is 0 Å². The van der Waals surface area contributed by atoms with Gasteiger partial charge in [-0.1, -0.05) is 25.0 Å². The monoisotopic (exact) mass is 323 g/mol. The first-order valence-electron chi connectivity index (χ1n) is 6.58. The lowest BCUT2D eigenvalue weighted by molar-refractivity contribution is -0.139. The SMILES string of the molecule is O=S(=O)(N[C@H]1CCCC[C@@H]1O)c1ccccc1C(F)(F)F. The van der Waals surface area contributed by atoms with E-state index in [1.165, 1.54) is 6.07 Å². The lowest BCUT2D eigenvalue weighted by Gasteiger charge is -2.28. The van der Waals surface area contributed by atoms with E-state index in [9.17, 15) is 26.7 Å². The van der Waals surface area contributed by atoms with Gasteiger partial charge in [0.25, 0.3) is 0 Å². The van der Waals surface area contributed by atoms with Crippen LogP contribution in [0.5, 0.6) is 0 Å². The minimum atomic E-state index is -4.75. The molecule has 1 aromatic carbocycles. The molecule has 0 amide bonds. The molecule has 0 bridgehead atoms. The second kappa shape index (κ2) is 5.94. The summed E-state index contributed by atoms with van der Waals surface area (Å²) in [6.45, 7) is 0. The highest BCUT2D eigenvalue weighted by molar-refractivity contribution is 7.89. The van der Waals surface area contributed by atoms with Crippen LogP contribution in [-0.2, 0) is 16.2 Å². The average molecular weight is 323 g/mol. The van der Waals surface area contributed by atoms with E-state index in [0.717, 1.165) is 31.0 Å². The van der Waals surface area contributed by atoms with Crippen molar-refractivity contribution in [3.8, 4) is 0 Å². The molecular weight excluding hydrogens is 307 g/mol. The molecule has 21 heavy (non-hydrogen) atoms. The summed E-state index contributed by atoms with van der Waals surface area (Å²) in [6, 6.07) is 3.27. The first kappa shape index (κ1) is 16.3. The summed E-state index contributed by atoms with van der Waals surface area (Å²) >= 11 is 0. The van der Waals surface area contributed by atoms with Gasteiger partial charge < -0.3 is 5.11 Å². The van der Waals surface area contributed by atoms with Gasteiger partial charge in [0.2, 0.25) is 10.0 Å². The summed E-state index contributed by atoms with van der Waals surface area (Å²) in [5.41, 5.74) is -1.21. The van der Waals surface area contributed by atoms with E-state index >= 15 is 0 Å². The Labute approximate surface area is 121 Å². The quantitative estimate of drug-likeness (QED) is 0.897. The smallest absolute Gasteiger partial charge is 0.391 e. The first-order valence-corrected chi connectivity index (χ1v) is 8.07. The van der Waals surface area contributed by atoms with Crippen LogP contribution in [-0.4, -0.2) is 25.7 Å². The maximum atomic E-state index is 12.9. The number of hydrogen-bond donors (Lipinski definition) is 2. The van der Waals surface area contributed by atoms with E-state index in [2.05, 4.69) is 4.72 Å². The van der Waals surface area contributed by atoms with Gasteiger partial charge in [-0.3, -0.25) is 0 Å². The molecule has 8 heteroatoms. The van der Waals surface area contributed by atoms with Crippen molar-refractivity contribution < 1.29 is 26.7 Å². The summed E-state index contributed by atoms with van der Waals surface area (Å²) < 4.78 is 65.3. The lowest BCUT2D eigenvalue weighted by atomic mass is 9.93. The van der Waals surface area contributed by atoms with Gasteiger partial charge in [0.05, 0.1) is 16.6 Å². The second-order valence-corrected chi connectivity index (χ2v) is 6.76. The molecule has 2 atom stereocenters. The van der Waals surface area contributed by atoms with Crippen molar-refractivity contribution >= 4 is 10.0 Å². The molecule has 4 nitrogen and oxygen atoms in total. The number of benzene rings is 1. The van der Waals surface area contributed by atoms with Crippen LogP contribution in [0.4, 0.5) is 13.2 Å². The zero-order valence-electron chi connectivity index (χ0n) is 11.1. The molecule has 0 heterocycles. The van der Waals surface area contributed by atoms with Crippen molar-refractivity contribution in [2.24, 2.45) is 0 Å². The average Bonchev–Trinajstić information content (AvgIpc) is 2.40. The third kappa shape index (κ3) is 3.75.